The van der Waals surface area contributed by atoms with Crippen molar-refractivity contribution in [1.82, 2.24) is 9.97 Å². The maximum atomic E-state index is 14.0. The first-order valence-electron chi connectivity index (χ1n) is 6.16. The summed E-state index contributed by atoms with van der Waals surface area (Å²) in [7, 11) is 0. The van der Waals surface area contributed by atoms with E-state index in [1.807, 2.05) is 31.2 Å². The number of anilines is 2. The van der Waals surface area contributed by atoms with E-state index in [0.717, 1.165) is 17.7 Å². The molecule has 1 aromatic carbocycles. The Morgan fingerprint density at radius 3 is 2.58 bits per heavy atom. The minimum atomic E-state index is -0.394. The lowest BCUT2D eigenvalue weighted by molar-refractivity contribution is 0.599. The summed E-state index contributed by atoms with van der Waals surface area (Å²) in [5, 5.41) is 2.96. The number of nitrogens with zero attached hydrogens (tertiary/aromatic N) is 2. The van der Waals surface area contributed by atoms with Crippen molar-refractivity contribution in [3.05, 3.63) is 47.7 Å². The van der Waals surface area contributed by atoms with Crippen molar-refractivity contribution in [2.75, 3.05) is 11.2 Å². The Morgan fingerprint density at radius 2 is 1.95 bits per heavy atom. The fourth-order valence-corrected chi connectivity index (χ4v) is 1.96. The third-order valence-corrected chi connectivity index (χ3v) is 2.99. The number of rotatable bonds is 5. The van der Waals surface area contributed by atoms with Crippen LogP contribution >= 0.6 is 11.6 Å². The molecule has 19 heavy (non-hydrogen) atoms. The molecule has 0 aliphatic carbocycles. The summed E-state index contributed by atoms with van der Waals surface area (Å²) < 4.78 is 14.0. The number of aromatic nitrogens is 2. The molecular weight excluding hydrogens is 265 g/mol. The highest BCUT2D eigenvalue weighted by Gasteiger charge is 2.09. The van der Waals surface area contributed by atoms with Gasteiger partial charge in [-0.3, -0.25) is 0 Å². The normalized spacial score (nSPS) is 10.5. The van der Waals surface area contributed by atoms with E-state index in [1.165, 1.54) is 6.33 Å². The zero-order chi connectivity index (χ0) is 13.7. The van der Waals surface area contributed by atoms with Gasteiger partial charge >= 0.3 is 0 Å². The van der Waals surface area contributed by atoms with Gasteiger partial charge in [0.05, 0.1) is 5.69 Å². The lowest BCUT2D eigenvalue weighted by Crippen LogP contribution is -2.02. The highest BCUT2D eigenvalue weighted by atomic mass is 35.5. The monoisotopic (exact) mass is 279 g/mol. The summed E-state index contributed by atoms with van der Waals surface area (Å²) in [6.07, 6.45) is 2.73. The van der Waals surface area contributed by atoms with Gasteiger partial charge in [0.2, 0.25) is 0 Å². The molecule has 1 heterocycles. The van der Waals surface area contributed by atoms with Gasteiger partial charge in [-0.15, -0.1) is 11.6 Å². The van der Waals surface area contributed by atoms with Crippen molar-refractivity contribution in [3.63, 3.8) is 0 Å². The molecule has 100 valence electrons. The molecule has 3 nitrogen and oxygen atoms in total. The van der Waals surface area contributed by atoms with E-state index in [1.54, 1.807) is 0 Å². The minimum Gasteiger partial charge on any atom is -0.338 e. The van der Waals surface area contributed by atoms with Crippen molar-refractivity contribution in [2.24, 2.45) is 0 Å². The number of aryl methyl sites for hydroxylation is 2. The molecule has 0 spiro atoms. The van der Waals surface area contributed by atoms with Crippen LogP contribution in [0.2, 0.25) is 0 Å². The number of alkyl halides is 1. The highest BCUT2D eigenvalue weighted by molar-refractivity contribution is 6.17. The minimum absolute atomic E-state index is 0.206. The molecule has 1 aromatic heterocycles. The van der Waals surface area contributed by atoms with Gasteiger partial charge in [0.25, 0.3) is 0 Å². The van der Waals surface area contributed by atoms with E-state index in [9.17, 15) is 4.39 Å². The van der Waals surface area contributed by atoms with Gasteiger partial charge in [-0.05, 0) is 30.5 Å². The van der Waals surface area contributed by atoms with E-state index in [-0.39, 0.29) is 5.82 Å². The van der Waals surface area contributed by atoms with Crippen LogP contribution in [0.5, 0.6) is 0 Å². The van der Waals surface area contributed by atoms with E-state index in [4.69, 9.17) is 11.6 Å². The number of benzene rings is 1. The van der Waals surface area contributed by atoms with Crippen molar-refractivity contribution in [3.8, 4) is 0 Å². The third kappa shape index (κ3) is 3.41. The Morgan fingerprint density at radius 1 is 1.21 bits per heavy atom. The fourth-order valence-electron chi connectivity index (χ4n) is 1.74. The smallest absolute Gasteiger partial charge is 0.187 e. The largest absolute Gasteiger partial charge is 0.338 e. The molecule has 2 rings (SSSR count). The Hall–Kier alpha value is -1.68. The lowest BCUT2D eigenvalue weighted by Gasteiger charge is -2.08. The number of hydrogen-bond acceptors (Lipinski definition) is 3. The Kier molecular flexibility index (Phi) is 4.68. The van der Waals surface area contributed by atoms with Crippen molar-refractivity contribution in [1.29, 1.82) is 0 Å². The second-order valence-corrected chi connectivity index (χ2v) is 4.48. The van der Waals surface area contributed by atoms with Crippen LogP contribution in [0.3, 0.4) is 0 Å². The van der Waals surface area contributed by atoms with E-state index in [0.29, 0.717) is 18.0 Å². The first kappa shape index (κ1) is 13.7. The summed E-state index contributed by atoms with van der Waals surface area (Å²) in [6, 6.07) is 7.69. The molecule has 0 bridgehead atoms. The average molecular weight is 280 g/mol. The zero-order valence-corrected chi connectivity index (χ0v) is 11.4. The zero-order valence-electron chi connectivity index (χ0n) is 10.7. The standard InChI is InChI=1S/C14H15ClFN3/c1-2-12-13(16)14(18-9-17-12)19-11-5-3-10(4-6-11)7-8-15/h3-6,9H,2,7-8H2,1H3,(H,17,18,19). The van der Waals surface area contributed by atoms with E-state index < -0.39 is 5.82 Å². The maximum absolute atomic E-state index is 14.0. The maximum Gasteiger partial charge on any atom is 0.187 e. The lowest BCUT2D eigenvalue weighted by atomic mass is 10.1. The molecule has 1 N–H and O–H groups in total. The molecule has 0 unspecified atom stereocenters. The Balaban J connectivity index is 2.16. The molecule has 5 heteroatoms. The van der Waals surface area contributed by atoms with Crippen LogP contribution < -0.4 is 5.32 Å². The van der Waals surface area contributed by atoms with Crippen molar-refractivity contribution in [2.45, 2.75) is 19.8 Å². The molecule has 0 aliphatic heterocycles. The number of halogens is 2. The van der Waals surface area contributed by atoms with Crippen LogP contribution in [0.25, 0.3) is 0 Å². The van der Waals surface area contributed by atoms with Crippen LogP contribution in [-0.2, 0) is 12.8 Å². The molecule has 0 atom stereocenters. The Labute approximate surface area is 116 Å². The van der Waals surface area contributed by atoms with Crippen LogP contribution in [0.15, 0.2) is 30.6 Å². The van der Waals surface area contributed by atoms with Crippen molar-refractivity contribution < 1.29 is 4.39 Å². The van der Waals surface area contributed by atoms with Gasteiger partial charge in [0, 0.05) is 11.6 Å². The molecule has 0 radical (unpaired) electrons. The van der Waals surface area contributed by atoms with Crippen LogP contribution in [-0.4, -0.2) is 15.8 Å². The topological polar surface area (TPSA) is 37.8 Å². The molecule has 0 saturated heterocycles. The predicted octanol–water partition coefficient (Wildman–Crippen LogP) is 3.70. The first-order chi connectivity index (χ1) is 9.24. The molecular formula is C14H15ClFN3. The van der Waals surface area contributed by atoms with Crippen LogP contribution in [0.4, 0.5) is 15.9 Å². The van der Waals surface area contributed by atoms with Gasteiger partial charge in [-0.2, -0.15) is 0 Å². The molecule has 0 saturated carbocycles. The van der Waals surface area contributed by atoms with E-state index >= 15 is 0 Å². The first-order valence-corrected chi connectivity index (χ1v) is 6.69. The molecule has 0 fully saturated rings. The quantitative estimate of drug-likeness (QED) is 0.848. The number of nitrogens with one attached hydrogen (secondary N) is 1. The number of hydrogen-bond donors (Lipinski definition) is 1. The third-order valence-electron chi connectivity index (χ3n) is 2.80. The summed E-state index contributed by atoms with van der Waals surface area (Å²) in [4.78, 5) is 7.82. The second kappa shape index (κ2) is 6.48. The van der Waals surface area contributed by atoms with Gasteiger partial charge in [-0.1, -0.05) is 19.1 Å². The predicted molar refractivity (Wildman–Crippen MR) is 75.5 cm³/mol. The average Bonchev–Trinajstić information content (AvgIpc) is 2.43. The summed E-state index contributed by atoms with van der Waals surface area (Å²) in [5.74, 6) is 0.402. The SMILES string of the molecule is CCc1ncnc(Nc2ccc(CCCl)cc2)c1F. The van der Waals surface area contributed by atoms with Gasteiger partial charge in [0.1, 0.15) is 6.33 Å². The summed E-state index contributed by atoms with van der Waals surface area (Å²) >= 11 is 5.68. The molecule has 0 amide bonds. The van der Waals surface area contributed by atoms with Gasteiger partial charge < -0.3 is 5.32 Å². The van der Waals surface area contributed by atoms with Crippen LogP contribution in [0.1, 0.15) is 18.2 Å². The highest BCUT2D eigenvalue weighted by Crippen LogP contribution is 2.19. The van der Waals surface area contributed by atoms with Crippen LogP contribution in [0, 0.1) is 5.82 Å². The van der Waals surface area contributed by atoms with E-state index in [2.05, 4.69) is 15.3 Å². The Bertz CT molecular complexity index is 543. The van der Waals surface area contributed by atoms with Gasteiger partial charge in [0.15, 0.2) is 11.6 Å². The van der Waals surface area contributed by atoms with Gasteiger partial charge in [-0.25, -0.2) is 14.4 Å². The van der Waals surface area contributed by atoms with Crippen molar-refractivity contribution >= 4 is 23.1 Å². The summed E-state index contributed by atoms with van der Waals surface area (Å²) in [5.41, 5.74) is 2.35. The second-order valence-electron chi connectivity index (χ2n) is 4.10. The fraction of sp³-hybridized carbons (Fsp3) is 0.286. The molecule has 0 aliphatic rings. The summed E-state index contributed by atoms with van der Waals surface area (Å²) in [6.45, 7) is 1.86. The molecule has 2 aromatic rings.